The van der Waals surface area contributed by atoms with Crippen LogP contribution >= 0.6 is 0 Å². The predicted molar refractivity (Wildman–Crippen MR) is 72.1 cm³/mol. The quantitative estimate of drug-likeness (QED) is 0.733. The second-order valence-corrected chi connectivity index (χ2v) is 8.43. The molecule has 0 radical (unpaired) electrons. The molecule has 0 amide bonds. The van der Waals surface area contributed by atoms with E-state index in [9.17, 15) is 26.4 Å². The zero-order valence-corrected chi connectivity index (χ0v) is 12.5. The summed E-state index contributed by atoms with van der Waals surface area (Å²) >= 11 is 0. The van der Waals surface area contributed by atoms with Gasteiger partial charge in [-0.15, -0.1) is 13.2 Å². The Hall–Kier alpha value is -0.850. The van der Waals surface area contributed by atoms with Crippen LogP contribution in [0, 0.1) is 23.2 Å². The molecule has 4 aliphatic carbocycles. The topological polar surface area (TPSA) is 51.2 Å². The second-order valence-electron chi connectivity index (χ2n) is 6.45. The Bertz CT molecular complexity index is 520. The van der Waals surface area contributed by atoms with Crippen molar-refractivity contribution in [1.82, 2.24) is 0 Å². The lowest BCUT2D eigenvalue weighted by atomic mass is 9.50. The molecule has 0 heterocycles. The van der Waals surface area contributed by atoms with Crippen molar-refractivity contribution in [1.29, 1.82) is 0 Å². The molecular weight excluding hydrogens is 305 g/mol. The average molecular weight is 324 g/mol. The maximum atomic E-state index is 12.5. The third-order valence-corrected chi connectivity index (χ3v) is 6.67. The van der Waals surface area contributed by atoms with E-state index in [1.54, 1.807) is 0 Å². The van der Waals surface area contributed by atoms with Crippen molar-refractivity contribution in [3.8, 4) is 0 Å². The van der Waals surface area contributed by atoms with Crippen molar-refractivity contribution in [2.24, 2.45) is 23.2 Å². The lowest BCUT2D eigenvalue weighted by Crippen LogP contribution is -2.54. The summed E-state index contributed by atoms with van der Waals surface area (Å²) in [5.41, 5.74) is -5.99. The first-order chi connectivity index (χ1) is 9.62. The fraction of sp³-hybridized carbons (Fsp3) is 0.786. The highest BCUT2D eigenvalue weighted by Gasteiger charge is 2.59. The fourth-order valence-electron chi connectivity index (χ4n) is 4.57. The van der Waals surface area contributed by atoms with Gasteiger partial charge in [0.2, 0.25) is 9.84 Å². The highest BCUT2D eigenvalue weighted by molar-refractivity contribution is 7.92. The highest BCUT2D eigenvalue weighted by atomic mass is 32.2. The Morgan fingerprint density at radius 1 is 1.10 bits per heavy atom. The van der Waals surface area contributed by atoms with Gasteiger partial charge in [-0.3, -0.25) is 4.79 Å². The Morgan fingerprint density at radius 2 is 1.57 bits per heavy atom. The number of rotatable bonds is 2. The molecule has 4 saturated carbocycles. The number of hydrogen-bond donors (Lipinski definition) is 0. The van der Waals surface area contributed by atoms with Gasteiger partial charge in [0.05, 0.1) is 5.75 Å². The number of hydrogen-bond acceptors (Lipinski definition) is 3. The van der Waals surface area contributed by atoms with Gasteiger partial charge in [0, 0.05) is 11.8 Å². The number of alkyl halides is 3. The number of carbonyl (C=O) groups is 1. The fourth-order valence-corrected chi connectivity index (χ4v) is 5.89. The molecule has 0 N–H and O–H groups in total. The van der Waals surface area contributed by atoms with E-state index in [1.807, 2.05) is 0 Å². The second kappa shape index (κ2) is 5.11. The molecule has 21 heavy (non-hydrogen) atoms. The van der Waals surface area contributed by atoms with Crippen LogP contribution in [0.3, 0.4) is 0 Å². The van der Waals surface area contributed by atoms with Crippen LogP contribution in [0.5, 0.6) is 0 Å². The van der Waals surface area contributed by atoms with Crippen LogP contribution in [-0.2, 0) is 14.6 Å². The average Bonchev–Trinajstić information content (AvgIpc) is 2.34. The van der Waals surface area contributed by atoms with Crippen LogP contribution in [0.25, 0.3) is 0 Å². The van der Waals surface area contributed by atoms with Crippen molar-refractivity contribution in [3.63, 3.8) is 0 Å². The molecule has 7 heteroatoms. The Labute approximate surface area is 122 Å². The molecule has 2 atom stereocenters. The van der Waals surface area contributed by atoms with E-state index in [2.05, 4.69) is 13.2 Å². The molecule has 0 spiro atoms. The lowest BCUT2D eigenvalue weighted by molar-refractivity contribution is -0.145. The van der Waals surface area contributed by atoms with Crippen LogP contribution < -0.4 is 0 Å². The Morgan fingerprint density at radius 3 is 2.00 bits per heavy atom. The van der Waals surface area contributed by atoms with Gasteiger partial charge in [0.1, 0.15) is 5.78 Å². The smallest absolute Gasteiger partial charge is 0.299 e. The van der Waals surface area contributed by atoms with Gasteiger partial charge in [-0.2, -0.15) is 13.2 Å². The first-order valence-electron chi connectivity index (χ1n) is 6.95. The largest absolute Gasteiger partial charge is 0.497 e. The molecule has 3 nitrogen and oxygen atoms in total. The Kier molecular flexibility index (Phi) is 4.02. The zero-order chi connectivity index (χ0) is 16.1. The number of halogens is 3. The molecule has 0 saturated heterocycles. The summed E-state index contributed by atoms with van der Waals surface area (Å²) in [4.78, 5) is 11.9. The maximum Gasteiger partial charge on any atom is 0.497 e. The first-order valence-corrected chi connectivity index (χ1v) is 8.60. The van der Waals surface area contributed by atoms with E-state index in [0.29, 0.717) is 19.3 Å². The highest BCUT2D eigenvalue weighted by Crippen LogP contribution is 2.59. The summed E-state index contributed by atoms with van der Waals surface area (Å²) in [6, 6.07) is 0. The zero-order valence-electron chi connectivity index (χ0n) is 11.7. The molecule has 4 rings (SSSR count). The number of Topliss-reactive ketones (excluding diaryl/α,β-unsaturated/α-hetero) is 1. The standard InChI is InChI=1S/C12H15F3O3S.C2H4/c13-12(14,15)19(17,18)6-11-3-7-1-8(4-11)10(16)9(2-7)5-11;1-2/h7-9H,1-6H2;1-2H2. The summed E-state index contributed by atoms with van der Waals surface area (Å²) in [7, 11) is -5.09. The van der Waals surface area contributed by atoms with E-state index in [1.165, 1.54) is 0 Å². The summed E-state index contributed by atoms with van der Waals surface area (Å²) in [5, 5.41) is 0. The van der Waals surface area contributed by atoms with Crippen LogP contribution in [0.1, 0.15) is 32.1 Å². The lowest BCUT2D eigenvalue weighted by Gasteiger charge is -2.55. The van der Waals surface area contributed by atoms with Gasteiger partial charge >= 0.3 is 5.51 Å². The monoisotopic (exact) mass is 324 g/mol. The van der Waals surface area contributed by atoms with Gasteiger partial charge in [-0.1, -0.05) is 0 Å². The summed E-state index contributed by atoms with van der Waals surface area (Å²) in [5.74, 6) is -0.848. The molecule has 0 aliphatic heterocycles. The molecule has 4 aliphatic rings. The molecule has 0 aromatic heterocycles. The molecule has 0 aromatic rings. The van der Waals surface area contributed by atoms with Crippen LogP contribution in [-0.4, -0.2) is 25.5 Å². The van der Waals surface area contributed by atoms with E-state index >= 15 is 0 Å². The summed E-state index contributed by atoms with van der Waals surface area (Å²) < 4.78 is 60.4. The predicted octanol–water partition coefficient (Wildman–Crippen LogP) is 3.12. The number of carbonyl (C=O) groups excluding carboxylic acids is 1. The van der Waals surface area contributed by atoms with E-state index in [-0.39, 0.29) is 23.5 Å². The summed E-state index contributed by atoms with van der Waals surface area (Å²) in [6.07, 6.45) is 2.66. The normalized spacial score (nSPS) is 38.0. The van der Waals surface area contributed by atoms with Gasteiger partial charge in [0.15, 0.2) is 0 Å². The minimum Gasteiger partial charge on any atom is -0.299 e. The van der Waals surface area contributed by atoms with Crippen molar-refractivity contribution in [2.45, 2.75) is 37.6 Å². The first kappa shape index (κ1) is 16.5. The summed E-state index contributed by atoms with van der Waals surface area (Å²) in [6.45, 7) is 6.00. The SMILES string of the molecule is C=C.O=C1C2CC3CC1CC(CS(=O)(=O)C(F)(F)F)(C3)C2. The van der Waals surface area contributed by atoms with Crippen LogP contribution in [0.4, 0.5) is 13.2 Å². The van der Waals surface area contributed by atoms with Crippen molar-refractivity contribution >= 4 is 15.6 Å². The minimum atomic E-state index is -5.18. The minimum absolute atomic E-state index is 0.149. The third kappa shape index (κ3) is 2.76. The van der Waals surface area contributed by atoms with Gasteiger partial charge < -0.3 is 0 Å². The van der Waals surface area contributed by atoms with Crippen molar-refractivity contribution < 1.29 is 26.4 Å². The molecule has 0 aromatic carbocycles. The molecule has 4 bridgehead atoms. The number of sulfone groups is 1. The Balaban J connectivity index is 0.000000774. The van der Waals surface area contributed by atoms with E-state index < -0.39 is 26.5 Å². The molecule has 4 fully saturated rings. The van der Waals surface area contributed by atoms with E-state index in [0.717, 1.165) is 12.8 Å². The van der Waals surface area contributed by atoms with Gasteiger partial charge in [-0.05, 0) is 43.4 Å². The third-order valence-electron chi connectivity index (χ3n) is 4.97. The van der Waals surface area contributed by atoms with E-state index in [4.69, 9.17) is 0 Å². The molecular formula is C14H19F3O3S. The molecule has 120 valence electrons. The molecule has 2 unspecified atom stereocenters. The number of ketones is 1. The van der Waals surface area contributed by atoms with Crippen LogP contribution in [0.15, 0.2) is 13.2 Å². The maximum absolute atomic E-state index is 12.5. The van der Waals surface area contributed by atoms with Gasteiger partial charge in [0.25, 0.3) is 0 Å². The van der Waals surface area contributed by atoms with Gasteiger partial charge in [-0.25, -0.2) is 8.42 Å². The van der Waals surface area contributed by atoms with Crippen LogP contribution in [0.2, 0.25) is 0 Å². The van der Waals surface area contributed by atoms with Crippen molar-refractivity contribution in [3.05, 3.63) is 13.2 Å². The van der Waals surface area contributed by atoms with Crippen molar-refractivity contribution in [2.75, 3.05) is 5.75 Å².